The lowest BCUT2D eigenvalue weighted by Gasteiger charge is -2.36. The summed E-state index contributed by atoms with van der Waals surface area (Å²) < 4.78 is 11.1. The van der Waals surface area contributed by atoms with Crippen molar-refractivity contribution in [1.29, 1.82) is 0 Å². The second kappa shape index (κ2) is 6.41. The SMILES string of the molecule is Cc1ccc(CNc2cc([C@H]3CCOC3)nc(N3CC(O)C3)n2)o1. The predicted octanol–water partition coefficient (Wildman–Crippen LogP) is 1.67. The number of aliphatic hydroxyl groups excluding tert-OH is 1. The summed E-state index contributed by atoms with van der Waals surface area (Å²) in [5, 5.41) is 12.9. The Hall–Kier alpha value is -2.12. The Labute approximate surface area is 140 Å². The molecule has 0 saturated carbocycles. The zero-order chi connectivity index (χ0) is 16.5. The molecule has 0 bridgehead atoms. The van der Waals surface area contributed by atoms with Crippen LogP contribution in [0, 0.1) is 6.92 Å². The number of rotatable bonds is 5. The molecule has 7 nitrogen and oxygen atoms in total. The van der Waals surface area contributed by atoms with Crippen LogP contribution in [0.15, 0.2) is 22.6 Å². The van der Waals surface area contributed by atoms with Crippen molar-refractivity contribution >= 4 is 11.8 Å². The third-order valence-corrected chi connectivity index (χ3v) is 4.47. The van der Waals surface area contributed by atoms with Crippen molar-refractivity contribution < 1.29 is 14.3 Å². The van der Waals surface area contributed by atoms with Gasteiger partial charge in [-0.3, -0.25) is 0 Å². The molecule has 2 fully saturated rings. The van der Waals surface area contributed by atoms with Crippen molar-refractivity contribution in [2.45, 2.75) is 31.9 Å². The van der Waals surface area contributed by atoms with E-state index in [2.05, 4.69) is 10.3 Å². The highest BCUT2D eigenvalue weighted by atomic mass is 16.5. The molecule has 7 heteroatoms. The molecule has 128 valence electrons. The highest BCUT2D eigenvalue weighted by Gasteiger charge is 2.28. The number of hydrogen-bond donors (Lipinski definition) is 2. The Bertz CT molecular complexity index is 706. The van der Waals surface area contributed by atoms with E-state index in [0.717, 1.165) is 36.1 Å². The fourth-order valence-corrected chi connectivity index (χ4v) is 3.04. The molecule has 0 amide bonds. The van der Waals surface area contributed by atoms with Crippen LogP contribution in [0.2, 0.25) is 0 Å². The molecule has 4 rings (SSSR count). The molecule has 2 aromatic heterocycles. The van der Waals surface area contributed by atoms with Crippen LogP contribution in [0.1, 0.15) is 29.6 Å². The maximum atomic E-state index is 9.54. The smallest absolute Gasteiger partial charge is 0.227 e. The van der Waals surface area contributed by atoms with Crippen molar-refractivity contribution in [3.63, 3.8) is 0 Å². The maximum absolute atomic E-state index is 9.54. The van der Waals surface area contributed by atoms with E-state index in [1.165, 1.54) is 0 Å². The average Bonchev–Trinajstić information content (AvgIpc) is 3.21. The lowest BCUT2D eigenvalue weighted by molar-refractivity contribution is 0.140. The van der Waals surface area contributed by atoms with Gasteiger partial charge in [0.1, 0.15) is 17.3 Å². The van der Waals surface area contributed by atoms with Crippen LogP contribution in [0.4, 0.5) is 11.8 Å². The molecule has 0 unspecified atom stereocenters. The molecule has 2 N–H and O–H groups in total. The Morgan fingerprint density at radius 2 is 2.21 bits per heavy atom. The number of anilines is 2. The number of nitrogens with zero attached hydrogens (tertiary/aromatic N) is 3. The van der Waals surface area contributed by atoms with E-state index >= 15 is 0 Å². The summed E-state index contributed by atoms with van der Waals surface area (Å²) in [6.45, 7) is 5.16. The molecule has 2 aromatic rings. The van der Waals surface area contributed by atoms with Crippen LogP contribution in [0.5, 0.6) is 0 Å². The van der Waals surface area contributed by atoms with Gasteiger partial charge in [-0.15, -0.1) is 0 Å². The summed E-state index contributed by atoms with van der Waals surface area (Å²) in [4.78, 5) is 11.3. The van der Waals surface area contributed by atoms with Crippen molar-refractivity contribution in [2.24, 2.45) is 0 Å². The van der Waals surface area contributed by atoms with E-state index < -0.39 is 0 Å². The first-order valence-corrected chi connectivity index (χ1v) is 8.36. The standard InChI is InChI=1S/C17H22N4O3/c1-11-2-3-14(24-11)7-18-16-6-15(12-4-5-23-10-12)19-17(20-16)21-8-13(22)9-21/h2-3,6,12-13,22H,4-5,7-10H2,1H3,(H,18,19,20)/t12-/m0/s1. The van der Waals surface area contributed by atoms with Gasteiger partial charge in [-0.1, -0.05) is 0 Å². The fourth-order valence-electron chi connectivity index (χ4n) is 3.04. The topological polar surface area (TPSA) is 83.7 Å². The summed E-state index contributed by atoms with van der Waals surface area (Å²) in [5.74, 6) is 3.52. The van der Waals surface area contributed by atoms with Gasteiger partial charge in [0.15, 0.2) is 0 Å². The van der Waals surface area contributed by atoms with E-state index in [1.807, 2.05) is 30.0 Å². The van der Waals surface area contributed by atoms with Crippen LogP contribution in [0.3, 0.4) is 0 Å². The number of aromatic nitrogens is 2. The van der Waals surface area contributed by atoms with Crippen LogP contribution < -0.4 is 10.2 Å². The number of aryl methyl sites for hydroxylation is 1. The monoisotopic (exact) mass is 330 g/mol. The van der Waals surface area contributed by atoms with Gasteiger partial charge in [0.25, 0.3) is 0 Å². The Morgan fingerprint density at radius 3 is 2.88 bits per heavy atom. The molecule has 0 aliphatic carbocycles. The van der Waals surface area contributed by atoms with E-state index in [1.54, 1.807) is 0 Å². The zero-order valence-corrected chi connectivity index (χ0v) is 13.7. The minimum Gasteiger partial charge on any atom is -0.465 e. The molecule has 2 aliphatic rings. The Morgan fingerprint density at radius 1 is 1.33 bits per heavy atom. The van der Waals surface area contributed by atoms with Crippen molar-refractivity contribution in [2.75, 3.05) is 36.5 Å². The normalized spacial score (nSPS) is 21.1. The number of β-amino-alcohol motifs (C(OH)–C–C–N with tert-alkyl or cyclic N) is 1. The molecule has 4 heterocycles. The quantitative estimate of drug-likeness (QED) is 0.863. The molecule has 0 radical (unpaired) electrons. The maximum Gasteiger partial charge on any atom is 0.227 e. The molecule has 1 atom stereocenters. The summed E-state index contributed by atoms with van der Waals surface area (Å²) in [5.41, 5.74) is 0.997. The number of aliphatic hydroxyl groups is 1. The van der Waals surface area contributed by atoms with Gasteiger partial charge in [-0.05, 0) is 25.5 Å². The first-order chi connectivity index (χ1) is 11.7. The van der Waals surface area contributed by atoms with E-state index in [0.29, 0.717) is 38.1 Å². The third-order valence-electron chi connectivity index (χ3n) is 4.47. The van der Waals surface area contributed by atoms with Crippen LogP contribution in [-0.2, 0) is 11.3 Å². The van der Waals surface area contributed by atoms with Gasteiger partial charge in [-0.25, -0.2) is 4.98 Å². The van der Waals surface area contributed by atoms with Crippen molar-refractivity contribution in [3.05, 3.63) is 35.4 Å². The lowest BCUT2D eigenvalue weighted by atomic mass is 10.0. The molecule has 2 aliphatic heterocycles. The molecular weight excluding hydrogens is 308 g/mol. The molecule has 0 spiro atoms. The van der Waals surface area contributed by atoms with Gasteiger partial charge in [-0.2, -0.15) is 4.98 Å². The first-order valence-electron chi connectivity index (χ1n) is 8.36. The lowest BCUT2D eigenvalue weighted by Crippen LogP contribution is -2.51. The number of nitrogens with one attached hydrogen (secondary N) is 1. The minimum absolute atomic E-state index is 0.283. The number of hydrogen-bond acceptors (Lipinski definition) is 7. The van der Waals surface area contributed by atoms with Crippen LogP contribution >= 0.6 is 0 Å². The third kappa shape index (κ3) is 3.22. The van der Waals surface area contributed by atoms with Gasteiger partial charge in [0.2, 0.25) is 5.95 Å². The van der Waals surface area contributed by atoms with Crippen LogP contribution in [0.25, 0.3) is 0 Å². The second-order valence-corrected chi connectivity index (χ2v) is 6.46. The average molecular weight is 330 g/mol. The first kappa shape index (κ1) is 15.4. The highest BCUT2D eigenvalue weighted by Crippen LogP contribution is 2.28. The highest BCUT2D eigenvalue weighted by molar-refractivity contribution is 5.46. The van der Waals surface area contributed by atoms with Gasteiger partial charge in [0, 0.05) is 31.7 Å². The van der Waals surface area contributed by atoms with Gasteiger partial charge < -0.3 is 24.5 Å². The van der Waals surface area contributed by atoms with Gasteiger partial charge in [0.05, 0.1) is 24.9 Å². The summed E-state index contributed by atoms with van der Waals surface area (Å²) in [6.07, 6.45) is 0.699. The largest absolute Gasteiger partial charge is 0.465 e. The van der Waals surface area contributed by atoms with E-state index in [-0.39, 0.29) is 6.10 Å². The summed E-state index contributed by atoms with van der Waals surface area (Å²) in [6, 6.07) is 5.90. The molecule has 2 saturated heterocycles. The second-order valence-electron chi connectivity index (χ2n) is 6.46. The van der Waals surface area contributed by atoms with E-state index in [4.69, 9.17) is 14.1 Å². The number of furan rings is 1. The molecular formula is C17H22N4O3. The predicted molar refractivity (Wildman–Crippen MR) is 89.2 cm³/mol. The Balaban J connectivity index is 1.54. The van der Waals surface area contributed by atoms with Crippen molar-refractivity contribution in [1.82, 2.24) is 9.97 Å². The minimum atomic E-state index is -0.283. The molecule has 24 heavy (non-hydrogen) atoms. The van der Waals surface area contributed by atoms with E-state index in [9.17, 15) is 5.11 Å². The van der Waals surface area contributed by atoms with Crippen molar-refractivity contribution in [3.8, 4) is 0 Å². The Kier molecular flexibility index (Phi) is 4.12. The van der Waals surface area contributed by atoms with Gasteiger partial charge >= 0.3 is 0 Å². The molecule has 0 aromatic carbocycles. The fraction of sp³-hybridized carbons (Fsp3) is 0.529. The zero-order valence-electron chi connectivity index (χ0n) is 13.7. The van der Waals surface area contributed by atoms with Crippen LogP contribution in [-0.4, -0.2) is 47.5 Å². The summed E-state index contributed by atoms with van der Waals surface area (Å²) >= 11 is 0. The number of ether oxygens (including phenoxy) is 1. The summed E-state index contributed by atoms with van der Waals surface area (Å²) in [7, 11) is 0.